The predicted molar refractivity (Wildman–Crippen MR) is 62.6 cm³/mol. The Balaban J connectivity index is 1.53. The van der Waals surface area contributed by atoms with E-state index in [0.717, 1.165) is 31.1 Å². The number of carbonyl (C=O) groups is 1. The average Bonchev–Trinajstić information content (AvgIpc) is 2.85. The molecule has 0 bridgehead atoms. The van der Waals surface area contributed by atoms with Gasteiger partial charge in [0.15, 0.2) is 0 Å². The minimum absolute atomic E-state index is 0.0805. The normalized spacial score (nSPS) is 48.1. The summed E-state index contributed by atoms with van der Waals surface area (Å²) in [7, 11) is 0. The summed E-state index contributed by atoms with van der Waals surface area (Å²) in [6.07, 6.45) is 4.59. The first-order valence-electron chi connectivity index (χ1n) is 6.54. The molecule has 4 unspecified atom stereocenters. The second-order valence-corrected chi connectivity index (χ2v) is 6.65. The van der Waals surface area contributed by atoms with Crippen molar-refractivity contribution in [1.82, 2.24) is 5.32 Å². The fraction of sp³-hybridized carbons (Fsp3) is 0.923. The second-order valence-electron chi connectivity index (χ2n) is 6.65. The Morgan fingerprint density at radius 3 is 2.31 bits per heavy atom. The van der Waals surface area contributed by atoms with Gasteiger partial charge in [-0.2, -0.15) is 0 Å². The molecule has 16 heavy (non-hydrogen) atoms. The van der Waals surface area contributed by atoms with E-state index in [1.165, 1.54) is 6.42 Å². The first-order chi connectivity index (χ1) is 7.48. The number of amides is 1. The van der Waals surface area contributed by atoms with Gasteiger partial charge in [0.2, 0.25) is 5.91 Å². The highest BCUT2D eigenvalue weighted by molar-refractivity contribution is 5.79. The van der Waals surface area contributed by atoms with Crippen LogP contribution in [-0.2, 0) is 4.79 Å². The molecule has 3 N–H and O–H groups in total. The summed E-state index contributed by atoms with van der Waals surface area (Å²) in [5.41, 5.74) is 6.03. The molecule has 0 heterocycles. The quantitative estimate of drug-likeness (QED) is 0.739. The van der Waals surface area contributed by atoms with E-state index in [9.17, 15) is 4.79 Å². The number of carbonyl (C=O) groups excluding carboxylic acids is 1. The number of fused-ring (bicyclic) bond motifs is 1. The Bertz CT molecular complexity index is 316. The van der Waals surface area contributed by atoms with Crippen LogP contribution in [0.1, 0.15) is 39.5 Å². The number of nitrogens with one attached hydrogen (secondary N) is 1. The van der Waals surface area contributed by atoms with E-state index in [4.69, 9.17) is 5.73 Å². The molecule has 3 aliphatic carbocycles. The van der Waals surface area contributed by atoms with Crippen molar-refractivity contribution in [3.8, 4) is 0 Å². The molecule has 0 radical (unpaired) electrons. The molecule has 0 aromatic rings. The molecule has 4 atom stereocenters. The van der Waals surface area contributed by atoms with Crippen LogP contribution in [-0.4, -0.2) is 18.0 Å². The first-order valence-corrected chi connectivity index (χ1v) is 6.54. The van der Waals surface area contributed by atoms with E-state index >= 15 is 0 Å². The molecule has 3 fully saturated rings. The average molecular weight is 222 g/mol. The monoisotopic (exact) mass is 222 g/mol. The van der Waals surface area contributed by atoms with Crippen LogP contribution in [0.5, 0.6) is 0 Å². The largest absolute Gasteiger partial charge is 0.352 e. The van der Waals surface area contributed by atoms with Crippen LogP contribution in [0.3, 0.4) is 0 Å². The lowest BCUT2D eigenvalue weighted by atomic mass is 9.63. The lowest BCUT2D eigenvalue weighted by molar-refractivity contribution is -0.128. The molecule has 3 nitrogen and oxygen atoms in total. The van der Waals surface area contributed by atoms with Crippen molar-refractivity contribution >= 4 is 5.91 Å². The van der Waals surface area contributed by atoms with Gasteiger partial charge in [0.1, 0.15) is 0 Å². The summed E-state index contributed by atoms with van der Waals surface area (Å²) in [5.74, 6) is 2.35. The van der Waals surface area contributed by atoms with Crippen LogP contribution in [0.25, 0.3) is 0 Å². The third-order valence-electron chi connectivity index (χ3n) is 5.27. The topological polar surface area (TPSA) is 55.1 Å². The van der Waals surface area contributed by atoms with Crippen LogP contribution >= 0.6 is 0 Å². The minimum atomic E-state index is 0.0805. The Kier molecular flexibility index (Phi) is 2.13. The minimum Gasteiger partial charge on any atom is -0.352 e. The third kappa shape index (κ3) is 1.48. The summed E-state index contributed by atoms with van der Waals surface area (Å²) >= 11 is 0. The zero-order valence-corrected chi connectivity index (χ0v) is 10.2. The lowest BCUT2D eigenvalue weighted by Gasteiger charge is -2.50. The van der Waals surface area contributed by atoms with E-state index in [1.54, 1.807) is 0 Å². The Labute approximate surface area is 97.2 Å². The molecule has 90 valence electrons. The fourth-order valence-corrected chi connectivity index (χ4v) is 3.42. The SMILES string of the molecule is CC1(C)C(N)CC1NC(=O)C1CC2CC2C1. The summed E-state index contributed by atoms with van der Waals surface area (Å²) in [6, 6.07) is 0.543. The van der Waals surface area contributed by atoms with Crippen molar-refractivity contribution < 1.29 is 4.79 Å². The maximum atomic E-state index is 12.1. The highest BCUT2D eigenvalue weighted by atomic mass is 16.2. The van der Waals surface area contributed by atoms with Gasteiger partial charge in [-0.25, -0.2) is 0 Å². The van der Waals surface area contributed by atoms with Crippen molar-refractivity contribution in [2.24, 2.45) is 28.9 Å². The molecular weight excluding hydrogens is 200 g/mol. The molecule has 3 aliphatic rings. The standard InChI is InChI=1S/C13H22N2O/c1-13(2)10(14)6-11(13)15-12(16)9-4-7-3-8(7)5-9/h7-11H,3-6,14H2,1-2H3,(H,15,16). The van der Waals surface area contributed by atoms with Crippen molar-refractivity contribution in [3.63, 3.8) is 0 Å². The summed E-state index contributed by atoms with van der Waals surface area (Å²) in [5, 5.41) is 3.20. The molecule has 3 heteroatoms. The van der Waals surface area contributed by atoms with Gasteiger partial charge < -0.3 is 11.1 Å². The van der Waals surface area contributed by atoms with Gasteiger partial charge in [0, 0.05) is 23.4 Å². The number of nitrogens with two attached hydrogens (primary N) is 1. The maximum Gasteiger partial charge on any atom is 0.223 e. The number of rotatable bonds is 2. The summed E-state index contributed by atoms with van der Waals surface area (Å²) < 4.78 is 0. The highest BCUT2D eigenvalue weighted by Gasteiger charge is 2.50. The zero-order chi connectivity index (χ0) is 11.5. The maximum absolute atomic E-state index is 12.1. The van der Waals surface area contributed by atoms with Crippen LogP contribution in [0.4, 0.5) is 0 Å². The van der Waals surface area contributed by atoms with E-state index in [1.807, 2.05) is 0 Å². The van der Waals surface area contributed by atoms with Crippen molar-refractivity contribution in [2.45, 2.75) is 51.6 Å². The number of hydrogen-bond donors (Lipinski definition) is 2. The smallest absolute Gasteiger partial charge is 0.223 e. The number of hydrogen-bond acceptors (Lipinski definition) is 2. The molecule has 0 aromatic heterocycles. The predicted octanol–water partition coefficient (Wildman–Crippen LogP) is 1.27. The van der Waals surface area contributed by atoms with Gasteiger partial charge in [0.05, 0.1) is 0 Å². The fourth-order valence-electron chi connectivity index (χ4n) is 3.42. The summed E-state index contributed by atoms with van der Waals surface area (Å²) in [4.78, 5) is 12.1. The van der Waals surface area contributed by atoms with Crippen molar-refractivity contribution in [3.05, 3.63) is 0 Å². The van der Waals surface area contributed by atoms with E-state index < -0.39 is 0 Å². The van der Waals surface area contributed by atoms with E-state index in [2.05, 4.69) is 19.2 Å². The van der Waals surface area contributed by atoms with Gasteiger partial charge in [0.25, 0.3) is 0 Å². The van der Waals surface area contributed by atoms with Gasteiger partial charge in [-0.05, 0) is 37.5 Å². The summed E-state index contributed by atoms with van der Waals surface area (Å²) in [6.45, 7) is 4.30. The van der Waals surface area contributed by atoms with Crippen LogP contribution in [0.15, 0.2) is 0 Å². The zero-order valence-electron chi connectivity index (χ0n) is 10.2. The van der Waals surface area contributed by atoms with Gasteiger partial charge in [-0.15, -0.1) is 0 Å². The Morgan fingerprint density at radius 1 is 1.19 bits per heavy atom. The first kappa shape index (κ1) is 10.6. The molecule has 3 rings (SSSR count). The molecule has 0 aliphatic heterocycles. The molecule has 3 saturated carbocycles. The molecule has 0 saturated heterocycles. The highest BCUT2D eigenvalue weighted by Crippen LogP contribution is 2.54. The third-order valence-corrected chi connectivity index (χ3v) is 5.27. The van der Waals surface area contributed by atoms with Crippen LogP contribution < -0.4 is 11.1 Å². The van der Waals surface area contributed by atoms with Crippen molar-refractivity contribution in [1.29, 1.82) is 0 Å². The van der Waals surface area contributed by atoms with Crippen molar-refractivity contribution in [2.75, 3.05) is 0 Å². The van der Waals surface area contributed by atoms with E-state index in [-0.39, 0.29) is 17.4 Å². The van der Waals surface area contributed by atoms with Gasteiger partial charge >= 0.3 is 0 Å². The van der Waals surface area contributed by atoms with E-state index in [0.29, 0.717) is 12.0 Å². The second kappa shape index (κ2) is 3.22. The Morgan fingerprint density at radius 2 is 1.81 bits per heavy atom. The lowest BCUT2D eigenvalue weighted by Crippen LogP contribution is -2.65. The van der Waals surface area contributed by atoms with Crippen LogP contribution in [0.2, 0.25) is 0 Å². The molecular formula is C13H22N2O. The van der Waals surface area contributed by atoms with Crippen LogP contribution in [0, 0.1) is 23.2 Å². The molecule has 0 aromatic carbocycles. The van der Waals surface area contributed by atoms with Gasteiger partial charge in [-0.1, -0.05) is 13.8 Å². The van der Waals surface area contributed by atoms with Gasteiger partial charge in [-0.3, -0.25) is 4.79 Å². The molecule has 1 amide bonds. The Hall–Kier alpha value is -0.570. The molecule has 0 spiro atoms.